The van der Waals surface area contributed by atoms with Crippen molar-refractivity contribution in [1.29, 1.82) is 0 Å². The summed E-state index contributed by atoms with van der Waals surface area (Å²) in [6, 6.07) is 0. The van der Waals surface area contributed by atoms with Gasteiger partial charge in [-0.2, -0.15) is 0 Å². The van der Waals surface area contributed by atoms with Gasteiger partial charge in [-0.15, -0.1) is 0 Å². The van der Waals surface area contributed by atoms with Crippen molar-refractivity contribution >= 4 is 11.9 Å². The molecule has 400 valence electrons. The lowest BCUT2D eigenvalue weighted by molar-refractivity contribution is -0.332. The first-order chi connectivity index (χ1) is 33.5. The number of hydrogen-bond donors (Lipinski definition) is 7. The normalized spacial score (nSPS) is 25.9. The van der Waals surface area contributed by atoms with Crippen molar-refractivity contribution in [3.05, 3.63) is 48.6 Å². The largest absolute Gasteiger partial charge is 0.462 e. The molecule has 11 atom stereocenters. The summed E-state index contributed by atoms with van der Waals surface area (Å²) in [4.78, 5) is 25.8. The Morgan fingerprint density at radius 1 is 0.478 bits per heavy atom. The van der Waals surface area contributed by atoms with Gasteiger partial charge in [0.2, 0.25) is 0 Å². The topological polar surface area (TPSA) is 231 Å². The third-order valence-electron chi connectivity index (χ3n) is 12.6. The maximum absolute atomic E-state index is 13.0. The van der Waals surface area contributed by atoms with Gasteiger partial charge in [0, 0.05) is 12.8 Å². The average molecular weight is 983 g/mol. The molecule has 0 aromatic rings. The molecule has 2 rings (SSSR count). The minimum atomic E-state index is -1.77. The van der Waals surface area contributed by atoms with E-state index < -0.39 is 99.3 Å². The quantitative estimate of drug-likeness (QED) is 0.0176. The summed E-state index contributed by atoms with van der Waals surface area (Å²) in [5.74, 6) is -0.969. The molecular weight excluding hydrogens is 889 g/mol. The molecule has 0 saturated carbocycles. The molecule has 2 saturated heterocycles. The number of allylic oxidation sites excluding steroid dienone is 8. The number of carbonyl (C=O) groups excluding carboxylic acids is 2. The monoisotopic (exact) mass is 983 g/mol. The second-order valence-electron chi connectivity index (χ2n) is 18.7. The molecule has 0 amide bonds. The van der Waals surface area contributed by atoms with Gasteiger partial charge in [-0.1, -0.05) is 172 Å². The van der Waals surface area contributed by atoms with Crippen molar-refractivity contribution in [2.75, 3.05) is 26.4 Å². The highest BCUT2D eigenvalue weighted by Gasteiger charge is 2.47. The van der Waals surface area contributed by atoms with Crippen LogP contribution in [0.15, 0.2) is 48.6 Å². The van der Waals surface area contributed by atoms with Crippen molar-refractivity contribution in [3.63, 3.8) is 0 Å². The number of aliphatic hydroxyl groups is 7. The van der Waals surface area contributed by atoms with Crippen LogP contribution in [0.1, 0.15) is 187 Å². The van der Waals surface area contributed by atoms with Crippen LogP contribution in [0.25, 0.3) is 0 Å². The molecule has 0 aromatic carbocycles. The number of ether oxygens (including phenoxy) is 6. The molecule has 15 heteroatoms. The summed E-state index contributed by atoms with van der Waals surface area (Å²) in [5.41, 5.74) is 0. The number of aliphatic hydroxyl groups excluding tert-OH is 7. The highest BCUT2D eigenvalue weighted by Crippen LogP contribution is 2.26. The van der Waals surface area contributed by atoms with Crippen LogP contribution in [0.3, 0.4) is 0 Å². The Balaban J connectivity index is 1.80. The molecule has 2 heterocycles. The Kier molecular flexibility index (Phi) is 37.2. The van der Waals surface area contributed by atoms with Crippen molar-refractivity contribution in [2.24, 2.45) is 0 Å². The highest BCUT2D eigenvalue weighted by atomic mass is 16.7. The maximum atomic E-state index is 13.0. The fourth-order valence-corrected chi connectivity index (χ4v) is 8.21. The Bertz CT molecular complexity index is 1390. The first-order valence-electron chi connectivity index (χ1n) is 26.7. The number of carbonyl (C=O) groups is 2. The molecule has 0 radical (unpaired) electrons. The van der Waals surface area contributed by atoms with Gasteiger partial charge < -0.3 is 64.2 Å². The molecule has 2 aliphatic heterocycles. The van der Waals surface area contributed by atoms with Gasteiger partial charge in [0.1, 0.15) is 55.4 Å². The molecular formula is C54H94O15. The van der Waals surface area contributed by atoms with Crippen LogP contribution in [0.4, 0.5) is 0 Å². The summed E-state index contributed by atoms with van der Waals surface area (Å²) in [7, 11) is 0. The van der Waals surface area contributed by atoms with E-state index in [1.54, 1.807) is 0 Å². The van der Waals surface area contributed by atoms with E-state index in [0.717, 1.165) is 57.8 Å². The number of rotatable bonds is 41. The van der Waals surface area contributed by atoms with Crippen LogP contribution in [-0.4, -0.2) is 142 Å². The zero-order chi connectivity index (χ0) is 50.3. The Morgan fingerprint density at radius 2 is 0.913 bits per heavy atom. The van der Waals surface area contributed by atoms with Gasteiger partial charge in [-0.05, 0) is 51.4 Å². The van der Waals surface area contributed by atoms with Crippen LogP contribution in [-0.2, 0) is 38.0 Å². The number of unbranched alkanes of at least 4 members (excludes halogenated alkanes) is 19. The molecule has 7 N–H and O–H groups in total. The Morgan fingerprint density at radius 3 is 1.43 bits per heavy atom. The van der Waals surface area contributed by atoms with Crippen LogP contribution in [0, 0.1) is 0 Å². The predicted molar refractivity (Wildman–Crippen MR) is 266 cm³/mol. The fourth-order valence-electron chi connectivity index (χ4n) is 8.21. The Labute approximate surface area is 414 Å². The lowest BCUT2D eigenvalue weighted by atomic mass is 9.98. The van der Waals surface area contributed by atoms with Crippen LogP contribution in [0.2, 0.25) is 0 Å². The Hall–Kier alpha value is -2.54. The molecule has 0 bridgehead atoms. The van der Waals surface area contributed by atoms with Crippen molar-refractivity contribution < 1.29 is 73.8 Å². The predicted octanol–water partition coefficient (Wildman–Crippen LogP) is 7.88. The van der Waals surface area contributed by atoms with Gasteiger partial charge in [-0.3, -0.25) is 9.59 Å². The summed E-state index contributed by atoms with van der Waals surface area (Å²) in [6.07, 6.45) is 28.6. The summed E-state index contributed by atoms with van der Waals surface area (Å²) in [6.45, 7) is 2.44. The molecule has 2 aliphatic rings. The van der Waals surface area contributed by atoms with Gasteiger partial charge in [0.05, 0.1) is 19.8 Å². The van der Waals surface area contributed by atoms with Crippen molar-refractivity contribution in [2.45, 2.75) is 255 Å². The van der Waals surface area contributed by atoms with Crippen LogP contribution >= 0.6 is 0 Å². The van der Waals surface area contributed by atoms with E-state index in [4.69, 9.17) is 28.4 Å². The molecule has 0 spiro atoms. The third-order valence-corrected chi connectivity index (χ3v) is 12.6. The molecule has 2 fully saturated rings. The number of hydrogen-bond acceptors (Lipinski definition) is 15. The maximum Gasteiger partial charge on any atom is 0.306 e. The lowest BCUT2D eigenvalue weighted by Crippen LogP contribution is -2.61. The highest BCUT2D eigenvalue weighted by molar-refractivity contribution is 5.70. The van der Waals surface area contributed by atoms with Gasteiger partial charge >= 0.3 is 11.9 Å². The second-order valence-corrected chi connectivity index (χ2v) is 18.7. The van der Waals surface area contributed by atoms with Crippen molar-refractivity contribution in [1.82, 2.24) is 0 Å². The van der Waals surface area contributed by atoms with Gasteiger partial charge in [0.15, 0.2) is 18.7 Å². The first-order valence-corrected chi connectivity index (χ1v) is 26.7. The average Bonchev–Trinajstić information content (AvgIpc) is 3.34. The number of esters is 2. The molecule has 11 unspecified atom stereocenters. The van der Waals surface area contributed by atoms with E-state index >= 15 is 0 Å². The standard InChI is InChI=1S/C54H94O15/c1-3-5-7-9-11-13-15-17-19-20-21-23-24-26-28-30-32-34-36-45(56)64-39-42(67-46(57)37-35-33-31-29-27-25-22-18-16-14-12-10-8-6-4-2)40-65-53-52(63)50(61)48(59)44(69-53)41-66-54-51(62)49(60)47(58)43(38-55)68-54/h6,8,12,14,18,22,27,29,42-44,47-55,58-63H,3-5,7,9-11,13,15-17,19-21,23-26,28,30-41H2,1-2H3/b8-6-,14-12-,22-18-,29-27-. The van der Waals surface area contributed by atoms with Crippen LogP contribution in [0.5, 0.6) is 0 Å². The molecule has 69 heavy (non-hydrogen) atoms. The van der Waals surface area contributed by atoms with E-state index in [1.807, 2.05) is 0 Å². The third kappa shape index (κ3) is 28.9. The van der Waals surface area contributed by atoms with E-state index in [2.05, 4.69) is 62.5 Å². The van der Waals surface area contributed by atoms with E-state index in [9.17, 15) is 45.3 Å². The molecule has 0 aromatic heterocycles. The summed E-state index contributed by atoms with van der Waals surface area (Å²) < 4.78 is 33.6. The van der Waals surface area contributed by atoms with E-state index in [0.29, 0.717) is 12.8 Å². The summed E-state index contributed by atoms with van der Waals surface area (Å²) in [5, 5.41) is 72.1. The lowest BCUT2D eigenvalue weighted by Gasteiger charge is -2.42. The smallest absolute Gasteiger partial charge is 0.306 e. The minimum Gasteiger partial charge on any atom is -0.462 e. The van der Waals surface area contributed by atoms with Crippen LogP contribution < -0.4 is 0 Å². The molecule has 15 nitrogen and oxygen atoms in total. The van der Waals surface area contributed by atoms with Gasteiger partial charge in [-0.25, -0.2) is 0 Å². The van der Waals surface area contributed by atoms with E-state index in [1.165, 1.54) is 89.9 Å². The summed E-state index contributed by atoms with van der Waals surface area (Å²) >= 11 is 0. The van der Waals surface area contributed by atoms with Crippen molar-refractivity contribution in [3.8, 4) is 0 Å². The SMILES string of the molecule is CC/C=C\C/C=C\C/C=C\C/C=C\CCCCC(=O)OC(COC(=O)CCCCCCCCCCCCCCCCCCCC)COC1OC(COC2OC(CO)C(O)C(O)C2O)C(O)C(O)C1O. The minimum absolute atomic E-state index is 0.113. The zero-order valence-electron chi connectivity index (χ0n) is 42.3. The second kappa shape index (κ2) is 41.0. The fraction of sp³-hybridized carbons (Fsp3) is 0.815. The zero-order valence-corrected chi connectivity index (χ0v) is 42.3. The first kappa shape index (κ1) is 62.6. The van der Waals surface area contributed by atoms with Gasteiger partial charge in [0.25, 0.3) is 0 Å². The molecule has 0 aliphatic carbocycles. The van der Waals surface area contributed by atoms with E-state index in [-0.39, 0.29) is 19.4 Å².